The van der Waals surface area contributed by atoms with Crippen LogP contribution < -0.4 is 24.4 Å². The topological polar surface area (TPSA) is 137 Å². The first-order chi connectivity index (χ1) is 19.3. The number of rotatable bonds is 7. The standard InChI is InChI=1S/C26H17F3IN3O8/c1-39-16-6-4-15(5-7-16)32-24(35)17(23(34)31-25(32)36)9-13-10-18(30)22(21(11-13)40-2)41-20-8-3-14(26(27,28)29)12-19(20)33(37)38/h3-12H,1-2H3,(H,31,34,36)/b17-9+. The number of amides is 4. The van der Waals surface area contributed by atoms with Crippen LogP contribution in [0.2, 0.25) is 0 Å². The van der Waals surface area contributed by atoms with Crippen LogP contribution in [0, 0.1) is 13.7 Å². The van der Waals surface area contributed by atoms with Gasteiger partial charge in [0.15, 0.2) is 11.5 Å². The third-order valence-electron chi connectivity index (χ3n) is 5.69. The van der Waals surface area contributed by atoms with Crippen molar-refractivity contribution in [3.63, 3.8) is 0 Å². The van der Waals surface area contributed by atoms with E-state index in [0.717, 1.165) is 11.0 Å². The zero-order valence-electron chi connectivity index (χ0n) is 20.9. The summed E-state index contributed by atoms with van der Waals surface area (Å²) < 4.78 is 55.5. The normalized spacial score (nSPS) is 14.6. The second-order valence-corrected chi connectivity index (χ2v) is 9.39. The van der Waals surface area contributed by atoms with Crippen molar-refractivity contribution in [1.29, 1.82) is 0 Å². The van der Waals surface area contributed by atoms with E-state index in [4.69, 9.17) is 14.2 Å². The number of hydrogen-bond donors (Lipinski definition) is 1. The second-order valence-electron chi connectivity index (χ2n) is 8.23. The number of benzene rings is 3. The Morgan fingerprint density at radius 3 is 2.24 bits per heavy atom. The van der Waals surface area contributed by atoms with Crippen molar-refractivity contribution in [3.05, 3.63) is 85.0 Å². The predicted octanol–water partition coefficient (Wildman–Crippen LogP) is 5.69. The Morgan fingerprint density at radius 2 is 1.66 bits per heavy atom. The summed E-state index contributed by atoms with van der Waals surface area (Å²) in [5, 5.41) is 13.6. The molecule has 0 aromatic heterocycles. The minimum atomic E-state index is -4.80. The minimum absolute atomic E-state index is 0.00954. The van der Waals surface area contributed by atoms with Crippen LogP contribution in [-0.4, -0.2) is 37.0 Å². The van der Waals surface area contributed by atoms with Gasteiger partial charge in [0.1, 0.15) is 11.3 Å². The number of halogens is 4. The molecule has 11 nitrogen and oxygen atoms in total. The number of anilines is 1. The maximum Gasteiger partial charge on any atom is 0.416 e. The van der Waals surface area contributed by atoms with Crippen LogP contribution in [0.5, 0.6) is 23.0 Å². The number of hydrogen-bond acceptors (Lipinski definition) is 8. The molecule has 1 N–H and O–H groups in total. The largest absolute Gasteiger partial charge is 0.497 e. The van der Waals surface area contributed by atoms with E-state index in [0.29, 0.717) is 17.9 Å². The summed E-state index contributed by atoms with van der Waals surface area (Å²) in [5.41, 5.74) is -2.09. The van der Waals surface area contributed by atoms with Gasteiger partial charge in [0.2, 0.25) is 5.75 Å². The number of carbonyl (C=O) groups excluding carboxylic acids is 3. The van der Waals surface area contributed by atoms with E-state index in [-0.39, 0.29) is 31.9 Å². The average Bonchev–Trinajstić information content (AvgIpc) is 2.92. The summed E-state index contributed by atoms with van der Waals surface area (Å²) in [6.07, 6.45) is -3.60. The highest BCUT2D eigenvalue weighted by Crippen LogP contribution is 2.42. The monoisotopic (exact) mass is 683 g/mol. The maximum absolute atomic E-state index is 13.2. The highest BCUT2D eigenvalue weighted by atomic mass is 127. The molecule has 0 bridgehead atoms. The predicted molar refractivity (Wildman–Crippen MR) is 146 cm³/mol. The second kappa shape index (κ2) is 11.4. The lowest BCUT2D eigenvalue weighted by Gasteiger charge is -2.26. The molecule has 1 heterocycles. The van der Waals surface area contributed by atoms with Gasteiger partial charge in [-0.2, -0.15) is 13.2 Å². The molecule has 41 heavy (non-hydrogen) atoms. The van der Waals surface area contributed by atoms with E-state index in [1.165, 1.54) is 56.7 Å². The van der Waals surface area contributed by atoms with Gasteiger partial charge in [0.05, 0.1) is 34.0 Å². The Kier molecular flexibility index (Phi) is 8.18. The molecular weight excluding hydrogens is 666 g/mol. The van der Waals surface area contributed by atoms with Crippen LogP contribution in [0.1, 0.15) is 11.1 Å². The molecule has 0 aliphatic carbocycles. The SMILES string of the molecule is COc1ccc(N2C(=O)NC(=O)/C(=C\c3cc(I)c(Oc4ccc(C(F)(F)F)cc4[N+](=O)[O-])c(OC)c3)C2=O)cc1. The first-order valence-corrected chi connectivity index (χ1v) is 12.4. The minimum Gasteiger partial charge on any atom is -0.497 e. The molecular formula is C26H17F3IN3O8. The number of nitrogens with one attached hydrogen (secondary N) is 1. The third-order valence-corrected chi connectivity index (χ3v) is 6.49. The van der Waals surface area contributed by atoms with Gasteiger partial charge >= 0.3 is 17.9 Å². The van der Waals surface area contributed by atoms with E-state index in [2.05, 4.69) is 5.32 Å². The molecule has 1 saturated heterocycles. The lowest BCUT2D eigenvalue weighted by molar-refractivity contribution is -0.385. The van der Waals surface area contributed by atoms with Gasteiger partial charge in [-0.1, -0.05) is 0 Å². The van der Waals surface area contributed by atoms with Gasteiger partial charge in [0.25, 0.3) is 11.8 Å². The highest BCUT2D eigenvalue weighted by molar-refractivity contribution is 14.1. The molecule has 15 heteroatoms. The molecule has 4 amide bonds. The van der Waals surface area contributed by atoms with Crippen molar-refractivity contribution in [2.24, 2.45) is 0 Å². The number of imide groups is 2. The van der Waals surface area contributed by atoms with Crippen LogP contribution in [0.3, 0.4) is 0 Å². The number of urea groups is 1. The fraction of sp³-hybridized carbons (Fsp3) is 0.115. The Hall–Kier alpha value is -4.67. The van der Waals surface area contributed by atoms with Crippen molar-refractivity contribution in [2.75, 3.05) is 19.1 Å². The molecule has 1 aliphatic rings. The van der Waals surface area contributed by atoms with Gasteiger partial charge in [-0.25, -0.2) is 9.69 Å². The van der Waals surface area contributed by atoms with Crippen LogP contribution >= 0.6 is 22.6 Å². The van der Waals surface area contributed by atoms with E-state index in [1.54, 1.807) is 22.6 Å². The smallest absolute Gasteiger partial charge is 0.416 e. The maximum atomic E-state index is 13.2. The number of methoxy groups -OCH3 is 2. The Morgan fingerprint density at radius 1 is 0.976 bits per heavy atom. The summed E-state index contributed by atoms with van der Waals surface area (Å²) >= 11 is 1.79. The number of nitro benzene ring substituents is 1. The summed E-state index contributed by atoms with van der Waals surface area (Å²) in [6, 6.07) is 9.64. The number of barbiturate groups is 1. The van der Waals surface area contributed by atoms with Crippen LogP contribution in [-0.2, 0) is 15.8 Å². The van der Waals surface area contributed by atoms with Gasteiger partial charge in [-0.3, -0.25) is 25.0 Å². The fourth-order valence-corrected chi connectivity index (χ4v) is 4.48. The zero-order valence-corrected chi connectivity index (χ0v) is 23.1. The number of ether oxygens (including phenoxy) is 3. The van der Waals surface area contributed by atoms with Crippen molar-refractivity contribution >= 4 is 57.9 Å². The van der Waals surface area contributed by atoms with Crippen LogP contribution in [0.4, 0.5) is 29.3 Å². The molecule has 3 aromatic carbocycles. The summed E-state index contributed by atoms with van der Waals surface area (Å²) in [5.74, 6) is -1.91. The van der Waals surface area contributed by atoms with Gasteiger partial charge in [0, 0.05) is 6.07 Å². The Labute approximate surface area is 242 Å². The molecule has 0 atom stereocenters. The van der Waals surface area contributed by atoms with Gasteiger partial charge < -0.3 is 14.2 Å². The number of nitrogens with zero attached hydrogens (tertiary/aromatic N) is 2. The van der Waals surface area contributed by atoms with Crippen molar-refractivity contribution in [2.45, 2.75) is 6.18 Å². The van der Waals surface area contributed by atoms with Crippen molar-refractivity contribution in [1.82, 2.24) is 5.32 Å². The molecule has 0 saturated carbocycles. The lowest BCUT2D eigenvalue weighted by atomic mass is 10.1. The van der Waals surface area contributed by atoms with Gasteiger partial charge in [-0.05, 0) is 82.8 Å². The summed E-state index contributed by atoms with van der Waals surface area (Å²) in [7, 11) is 2.70. The molecule has 0 unspecified atom stereocenters. The molecule has 212 valence electrons. The molecule has 1 aliphatic heterocycles. The number of nitro groups is 1. The first-order valence-electron chi connectivity index (χ1n) is 11.3. The number of alkyl halides is 3. The number of carbonyl (C=O) groups is 3. The van der Waals surface area contributed by atoms with Crippen LogP contribution in [0.25, 0.3) is 6.08 Å². The molecule has 1 fully saturated rings. The molecule has 0 radical (unpaired) electrons. The van der Waals surface area contributed by atoms with E-state index in [9.17, 15) is 37.7 Å². The van der Waals surface area contributed by atoms with Crippen LogP contribution in [0.15, 0.2) is 60.2 Å². The Balaban J connectivity index is 1.70. The quantitative estimate of drug-likeness (QED) is 0.110. The zero-order chi connectivity index (χ0) is 30.1. The fourth-order valence-electron chi connectivity index (χ4n) is 3.74. The molecule has 0 spiro atoms. The summed E-state index contributed by atoms with van der Waals surface area (Å²) in [6.45, 7) is 0. The van der Waals surface area contributed by atoms with Crippen molar-refractivity contribution < 1.29 is 46.7 Å². The molecule has 4 rings (SSSR count). The molecule has 3 aromatic rings. The highest BCUT2D eigenvalue weighted by Gasteiger charge is 2.37. The van der Waals surface area contributed by atoms with E-state index in [1.807, 2.05) is 0 Å². The van der Waals surface area contributed by atoms with E-state index >= 15 is 0 Å². The van der Waals surface area contributed by atoms with Gasteiger partial charge in [-0.15, -0.1) is 0 Å². The first kappa shape index (κ1) is 29.3. The third kappa shape index (κ3) is 6.08. The summed E-state index contributed by atoms with van der Waals surface area (Å²) in [4.78, 5) is 49.5. The van der Waals surface area contributed by atoms with Crippen molar-refractivity contribution in [3.8, 4) is 23.0 Å². The van der Waals surface area contributed by atoms with E-state index < -0.39 is 45.9 Å². The lowest BCUT2D eigenvalue weighted by Crippen LogP contribution is -2.54. The average molecular weight is 683 g/mol. The Bertz CT molecular complexity index is 1610.